The minimum Gasteiger partial charge on any atom is -0.477 e. The monoisotopic (exact) mass is 326 g/mol. The first-order valence-electron chi connectivity index (χ1n) is 7.25. The number of carbonyl (C=O) groups is 1. The zero-order valence-corrected chi connectivity index (χ0v) is 12.9. The predicted molar refractivity (Wildman–Crippen MR) is 83.0 cm³/mol. The summed E-state index contributed by atoms with van der Waals surface area (Å²) in [4.78, 5) is 24.2. The highest BCUT2D eigenvalue weighted by Gasteiger charge is 2.40. The molecular weight excluding hydrogens is 312 g/mol. The summed E-state index contributed by atoms with van der Waals surface area (Å²) in [6.45, 7) is 2.24. The topological polar surface area (TPSA) is 122 Å². The Morgan fingerprint density at radius 1 is 1.46 bits per heavy atom. The number of fused-ring (bicyclic) bond motifs is 1. The molecule has 8 nitrogen and oxygen atoms in total. The van der Waals surface area contributed by atoms with Gasteiger partial charge in [0.25, 0.3) is 5.69 Å². The van der Waals surface area contributed by atoms with Crippen molar-refractivity contribution in [2.45, 2.75) is 12.8 Å². The van der Waals surface area contributed by atoms with Crippen molar-refractivity contribution in [1.82, 2.24) is 4.90 Å². The van der Waals surface area contributed by atoms with Crippen LogP contribution in [0.15, 0.2) is 47.1 Å². The average Bonchev–Trinajstić information content (AvgIpc) is 3.04. The standard InChI is InChI=1S/C16H14N4O4/c1-9(21)13-14(10-2-4-11(5-3-10)20(22)23)12(8-17)15(18)19-6-7-24-16(13)19/h2-5,14H,6-7,18H2,1H3. The van der Waals surface area contributed by atoms with Gasteiger partial charge in [0, 0.05) is 12.1 Å². The quantitative estimate of drug-likeness (QED) is 0.659. The molecule has 1 aromatic rings. The summed E-state index contributed by atoms with van der Waals surface area (Å²) in [5.74, 6) is -0.320. The summed E-state index contributed by atoms with van der Waals surface area (Å²) >= 11 is 0. The number of Topliss-reactive ketones (excluding diaryl/α,β-unsaturated/α-hetero) is 1. The summed E-state index contributed by atoms with van der Waals surface area (Å²) in [6, 6.07) is 7.81. The van der Waals surface area contributed by atoms with Gasteiger partial charge in [-0.2, -0.15) is 5.26 Å². The molecule has 1 fully saturated rings. The number of benzene rings is 1. The maximum Gasteiger partial charge on any atom is 0.269 e. The molecule has 1 aromatic carbocycles. The van der Waals surface area contributed by atoms with Crippen molar-refractivity contribution < 1.29 is 14.5 Å². The molecule has 0 radical (unpaired) electrons. The Morgan fingerprint density at radius 3 is 2.67 bits per heavy atom. The highest BCUT2D eigenvalue weighted by Crippen LogP contribution is 2.42. The number of allylic oxidation sites excluding steroid dienone is 2. The summed E-state index contributed by atoms with van der Waals surface area (Å²) in [5.41, 5.74) is 7.18. The largest absolute Gasteiger partial charge is 0.477 e. The minimum absolute atomic E-state index is 0.0687. The van der Waals surface area contributed by atoms with Crippen molar-refractivity contribution >= 4 is 11.5 Å². The number of hydrogen-bond donors (Lipinski definition) is 1. The van der Waals surface area contributed by atoms with Crippen LogP contribution in [0, 0.1) is 21.4 Å². The number of nitro benzene ring substituents is 1. The van der Waals surface area contributed by atoms with Crippen molar-refractivity contribution in [2.75, 3.05) is 13.2 Å². The lowest BCUT2D eigenvalue weighted by molar-refractivity contribution is -0.384. The van der Waals surface area contributed by atoms with Gasteiger partial charge in [-0.25, -0.2) is 0 Å². The van der Waals surface area contributed by atoms with Gasteiger partial charge in [-0.3, -0.25) is 19.8 Å². The average molecular weight is 326 g/mol. The molecule has 0 aliphatic carbocycles. The van der Waals surface area contributed by atoms with Crippen molar-refractivity contribution in [3.8, 4) is 6.07 Å². The molecule has 8 heteroatoms. The van der Waals surface area contributed by atoms with E-state index in [1.54, 1.807) is 4.90 Å². The van der Waals surface area contributed by atoms with Gasteiger partial charge < -0.3 is 10.5 Å². The van der Waals surface area contributed by atoms with Crippen LogP contribution in [0.2, 0.25) is 0 Å². The van der Waals surface area contributed by atoms with Gasteiger partial charge >= 0.3 is 0 Å². The van der Waals surface area contributed by atoms with Crippen LogP contribution in [0.4, 0.5) is 5.69 Å². The first kappa shape index (κ1) is 15.6. The molecule has 1 unspecified atom stereocenters. The third kappa shape index (κ3) is 2.27. The Kier molecular flexibility index (Phi) is 3.69. The molecular formula is C16H14N4O4. The predicted octanol–water partition coefficient (Wildman–Crippen LogP) is 1.52. The molecule has 3 rings (SSSR count). The fourth-order valence-corrected chi connectivity index (χ4v) is 3.02. The Labute approximate surface area is 137 Å². The molecule has 1 saturated heterocycles. The molecule has 0 spiro atoms. The molecule has 24 heavy (non-hydrogen) atoms. The molecule has 0 saturated carbocycles. The van der Waals surface area contributed by atoms with Crippen LogP contribution in [0.3, 0.4) is 0 Å². The van der Waals surface area contributed by atoms with Gasteiger partial charge in [0.1, 0.15) is 12.4 Å². The van der Waals surface area contributed by atoms with Crippen LogP contribution < -0.4 is 5.73 Å². The van der Waals surface area contributed by atoms with Gasteiger partial charge in [-0.1, -0.05) is 12.1 Å². The van der Waals surface area contributed by atoms with Gasteiger partial charge in [-0.05, 0) is 12.5 Å². The van der Waals surface area contributed by atoms with Crippen molar-refractivity contribution in [3.63, 3.8) is 0 Å². The fraction of sp³-hybridized carbons (Fsp3) is 0.250. The highest BCUT2D eigenvalue weighted by atomic mass is 16.6. The Balaban J connectivity index is 2.18. The lowest BCUT2D eigenvalue weighted by Gasteiger charge is -2.31. The van der Waals surface area contributed by atoms with E-state index in [1.165, 1.54) is 31.2 Å². The second-order valence-electron chi connectivity index (χ2n) is 5.47. The van der Waals surface area contributed by atoms with E-state index in [9.17, 15) is 20.2 Å². The lowest BCUT2D eigenvalue weighted by Crippen LogP contribution is -2.34. The van der Waals surface area contributed by atoms with Crippen LogP contribution >= 0.6 is 0 Å². The van der Waals surface area contributed by atoms with Crippen LogP contribution in [0.25, 0.3) is 0 Å². The molecule has 2 aliphatic heterocycles. The molecule has 2 heterocycles. The number of ketones is 1. The number of nitro groups is 1. The second kappa shape index (κ2) is 5.70. The Morgan fingerprint density at radius 2 is 2.12 bits per heavy atom. The Hall–Kier alpha value is -3.34. The smallest absolute Gasteiger partial charge is 0.269 e. The first-order valence-corrected chi connectivity index (χ1v) is 7.25. The minimum atomic E-state index is -0.697. The van der Waals surface area contributed by atoms with Crippen molar-refractivity contribution in [2.24, 2.45) is 5.73 Å². The molecule has 122 valence electrons. The molecule has 1 atom stereocenters. The van der Waals surface area contributed by atoms with Gasteiger partial charge in [0.15, 0.2) is 5.78 Å². The van der Waals surface area contributed by atoms with E-state index < -0.39 is 10.8 Å². The third-order valence-corrected chi connectivity index (χ3v) is 4.11. The molecule has 2 aliphatic rings. The molecule has 0 aromatic heterocycles. The SMILES string of the molecule is CC(=O)C1=C2OCCN2C(N)=C(C#N)C1c1ccc([N+](=O)[O-])cc1. The summed E-state index contributed by atoms with van der Waals surface area (Å²) in [6.07, 6.45) is 0. The number of carbonyl (C=O) groups excluding carboxylic acids is 1. The second-order valence-corrected chi connectivity index (χ2v) is 5.47. The van der Waals surface area contributed by atoms with E-state index in [0.717, 1.165) is 0 Å². The van der Waals surface area contributed by atoms with Crippen LogP contribution in [0.5, 0.6) is 0 Å². The van der Waals surface area contributed by atoms with Crippen LogP contribution in [0.1, 0.15) is 18.4 Å². The zero-order chi connectivity index (χ0) is 17.4. The number of rotatable bonds is 3. The highest BCUT2D eigenvalue weighted by molar-refractivity contribution is 5.97. The molecule has 0 amide bonds. The number of ether oxygens (including phenoxy) is 1. The number of hydrogen-bond acceptors (Lipinski definition) is 7. The number of nitriles is 1. The van der Waals surface area contributed by atoms with Crippen LogP contribution in [-0.2, 0) is 9.53 Å². The van der Waals surface area contributed by atoms with Crippen LogP contribution in [-0.4, -0.2) is 28.8 Å². The third-order valence-electron chi connectivity index (χ3n) is 4.11. The van der Waals surface area contributed by atoms with E-state index in [4.69, 9.17) is 10.5 Å². The zero-order valence-electron chi connectivity index (χ0n) is 12.9. The summed E-state index contributed by atoms with van der Waals surface area (Å²) in [7, 11) is 0. The van der Waals surface area contributed by atoms with E-state index in [1.807, 2.05) is 0 Å². The number of non-ortho nitro benzene ring substituents is 1. The van der Waals surface area contributed by atoms with E-state index in [0.29, 0.717) is 30.2 Å². The van der Waals surface area contributed by atoms with Gasteiger partial charge in [0.05, 0.1) is 34.6 Å². The summed E-state index contributed by atoms with van der Waals surface area (Å²) < 4.78 is 5.56. The van der Waals surface area contributed by atoms with E-state index >= 15 is 0 Å². The fourth-order valence-electron chi connectivity index (χ4n) is 3.02. The first-order chi connectivity index (χ1) is 11.5. The van der Waals surface area contributed by atoms with E-state index in [2.05, 4.69) is 6.07 Å². The summed E-state index contributed by atoms with van der Waals surface area (Å²) in [5, 5.41) is 20.4. The normalized spacial score (nSPS) is 19.7. The maximum absolute atomic E-state index is 12.2. The van der Waals surface area contributed by atoms with Gasteiger partial charge in [0.2, 0.25) is 5.88 Å². The number of nitrogens with zero attached hydrogens (tertiary/aromatic N) is 3. The molecule has 0 bridgehead atoms. The Bertz CT molecular complexity index is 833. The maximum atomic E-state index is 12.2. The lowest BCUT2D eigenvalue weighted by atomic mass is 9.81. The van der Waals surface area contributed by atoms with Gasteiger partial charge in [-0.15, -0.1) is 0 Å². The van der Waals surface area contributed by atoms with Crippen molar-refractivity contribution in [3.05, 3.63) is 62.8 Å². The van der Waals surface area contributed by atoms with E-state index in [-0.39, 0.29) is 22.9 Å². The molecule has 2 N–H and O–H groups in total. The van der Waals surface area contributed by atoms with Crippen molar-refractivity contribution in [1.29, 1.82) is 5.26 Å². The number of nitrogens with two attached hydrogens (primary N) is 1.